The summed E-state index contributed by atoms with van der Waals surface area (Å²) in [5.74, 6) is 1.61. The molecule has 0 unspecified atom stereocenters. The van der Waals surface area contributed by atoms with Gasteiger partial charge in [0.2, 0.25) is 0 Å². The van der Waals surface area contributed by atoms with Crippen LogP contribution in [-0.4, -0.2) is 28.1 Å². The molecule has 0 spiro atoms. The molecule has 0 saturated heterocycles. The number of Topliss-reactive ketones (excluding diaryl/α,β-unsaturated/α-hetero) is 1. The monoisotopic (exact) mass is 514 g/mol. The van der Waals surface area contributed by atoms with Crippen molar-refractivity contribution in [2.24, 2.45) is 17.8 Å². The maximum absolute atomic E-state index is 13.3. The predicted octanol–water partition coefficient (Wildman–Crippen LogP) is 5.87. The lowest BCUT2D eigenvalue weighted by Gasteiger charge is -2.23. The Morgan fingerprint density at radius 1 is 1.15 bits per heavy atom. The number of carbonyl (C=O) groups is 2. The molecule has 1 amide bonds. The molecule has 0 aliphatic heterocycles. The highest BCUT2D eigenvalue weighted by molar-refractivity contribution is 7.80. The van der Waals surface area contributed by atoms with Crippen molar-refractivity contribution >= 4 is 51.7 Å². The van der Waals surface area contributed by atoms with Crippen molar-refractivity contribution in [1.29, 1.82) is 0 Å². The Balaban J connectivity index is 1.30. The van der Waals surface area contributed by atoms with Gasteiger partial charge in [0, 0.05) is 40.8 Å². The van der Waals surface area contributed by atoms with Gasteiger partial charge in [0.15, 0.2) is 0 Å². The van der Waals surface area contributed by atoms with Crippen LogP contribution in [0.5, 0.6) is 0 Å². The Morgan fingerprint density at radius 3 is 2.65 bits per heavy atom. The summed E-state index contributed by atoms with van der Waals surface area (Å²) >= 11 is 13.5. The molecule has 4 nitrogen and oxygen atoms in total. The van der Waals surface area contributed by atoms with Gasteiger partial charge < -0.3 is 5.32 Å². The second kappa shape index (κ2) is 10.2. The normalized spacial score (nSPS) is 19.5. The number of hydrogen-bond donors (Lipinski definition) is 1. The third-order valence-electron chi connectivity index (χ3n) is 7.34. The molecule has 3 aliphatic carbocycles. The van der Waals surface area contributed by atoms with Gasteiger partial charge in [-0.05, 0) is 92.2 Å². The van der Waals surface area contributed by atoms with Gasteiger partial charge in [-0.2, -0.15) is 0 Å². The molecule has 5 rings (SSSR count). The Hall–Kier alpha value is -1.63. The van der Waals surface area contributed by atoms with E-state index in [2.05, 4.69) is 10.3 Å². The fourth-order valence-electron chi connectivity index (χ4n) is 4.98. The largest absolute Gasteiger partial charge is 0.352 e. The first kappa shape index (κ1) is 24.1. The highest BCUT2D eigenvalue weighted by Gasteiger charge is 2.34. The topological polar surface area (TPSA) is 59.1 Å². The number of aryl methyl sites for hydroxylation is 2. The summed E-state index contributed by atoms with van der Waals surface area (Å²) in [6.07, 6.45) is 9.35. The Labute approximate surface area is 215 Å². The van der Waals surface area contributed by atoms with Crippen LogP contribution in [0.2, 0.25) is 5.15 Å². The summed E-state index contributed by atoms with van der Waals surface area (Å²) in [5, 5.41) is 3.67. The molecule has 2 fully saturated rings. The number of fused-ring (bicyclic) bond motifs is 1. The van der Waals surface area contributed by atoms with Crippen molar-refractivity contribution in [3.63, 3.8) is 0 Å². The molecule has 2 aromatic heterocycles. The number of aromatic nitrogens is 1. The molecule has 180 valence electrons. The molecule has 0 aromatic carbocycles. The predicted molar refractivity (Wildman–Crippen MR) is 141 cm³/mol. The molecule has 0 radical (unpaired) electrons. The maximum atomic E-state index is 13.3. The van der Waals surface area contributed by atoms with Gasteiger partial charge in [-0.15, -0.1) is 11.3 Å². The second-order valence-corrected chi connectivity index (χ2v) is 12.4. The molecule has 34 heavy (non-hydrogen) atoms. The number of thiophene rings is 1. The average Bonchev–Trinajstić information content (AvgIpc) is 3.71. The summed E-state index contributed by atoms with van der Waals surface area (Å²) in [5.41, 5.74) is 4.05. The zero-order chi connectivity index (χ0) is 23.8. The number of thiocarbonyl (C=S) groups is 1. The van der Waals surface area contributed by atoms with Crippen LogP contribution in [0.4, 0.5) is 0 Å². The molecule has 2 saturated carbocycles. The Morgan fingerprint density at radius 2 is 1.94 bits per heavy atom. The Kier molecular flexibility index (Phi) is 7.19. The van der Waals surface area contributed by atoms with Crippen LogP contribution >= 0.6 is 35.2 Å². The summed E-state index contributed by atoms with van der Waals surface area (Å²) in [6.45, 7) is 2.72. The number of halogens is 1. The number of rotatable bonds is 10. The SMILES string of the molecule is Cc1nc(Cl)ccc1CC(=S)C[C@H]1CCc2sc(CC(=O)C3CC3)c(C(=O)NCC3CC3)c2C1. The third-order valence-corrected chi connectivity index (χ3v) is 9.16. The molecule has 3 aliphatic rings. The van der Waals surface area contributed by atoms with Crippen LogP contribution in [-0.2, 0) is 30.5 Å². The standard InChI is InChI=1S/C27H31ClN2O2S2/c1-15-19(7-9-25(28)30-15)12-20(33)10-17-4-8-23-21(11-17)26(27(32)29-14-16-2-3-16)24(34-23)13-22(31)18-5-6-18/h7,9,16-18H,2-6,8,10-14H2,1H3,(H,29,32)/t17-/m1/s1. The van der Waals surface area contributed by atoms with Crippen LogP contribution in [0, 0.1) is 24.7 Å². The molecular formula is C27H31ClN2O2S2. The molecule has 1 atom stereocenters. The van der Waals surface area contributed by atoms with Crippen molar-refractivity contribution < 1.29 is 9.59 Å². The smallest absolute Gasteiger partial charge is 0.252 e. The van der Waals surface area contributed by atoms with Gasteiger partial charge in [0.1, 0.15) is 10.9 Å². The minimum Gasteiger partial charge on any atom is -0.352 e. The van der Waals surface area contributed by atoms with Gasteiger partial charge in [0.25, 0.3) is 5.91 Å². The summed E-state index contributed by atoms with van der Waals surface area (Å²) < 4.78 is 0. The number of pyridine rings is 1. The van der Waals surface area contributed by atoms with Gasteiger partial charge in [0.05, 0.1) is 5.56 Å². The first-order valence-corrected chi connectivity index (χ1v) is 14.1. The van der Waals surface area contributed by atoms with Crippen molar-refractivity contribution in [2.45, 2.75) is 71.1 Å². The minimum absolute atomic E-state index is 0.0223. The van der Waals surface area contributed by atoms with E-state index in [1.165, 1.54) is 23.3 Å². The summed E-state index contributed by atoms with van der Waals surface area (Å²) in [4.78, 5) is 33.6. The lowest BCUT2D eigenvalue weighted by Crippen LogP contribution is -2.28. The van der Waals surface area contributed by atoms with E-state index in [9.17, 15) is 9.59 Å². The molecule has 7 heteroatoms. The van der Waals surface area contributed by atoms with E-state index in [4.69, 9.17) is 23.8 Å². The molecular weight excluding hydrogens is 484 g/mol. The van der Waals surface area contributed by atoms with Crippen molar-refractivity contribution in [2.75, 3.05) is 6.54 Å². The second-order valence-electron chi connectivity index (χ2n) is 10.3. The van der Waals surface area contributed by atoms with Gasteiger partial charge in [-0.3, -0.25) is 9.59 Å². The summed E-state index contributed by atoms with van der Waals surface area (Å²) in [7, 11) is 0. The lowest BCUT2D eigenvalue weighted by molar-refractivity contribution is -0.119. The quantitative estimate of drug-likeness (QED) is 0.318. The molecule has 2 aromatic rings. The highest BCUT2D eigenvalue weighted by Crippen LogP contribution is 2.40. The number of hydrogen-bond acceptors (Lipinski definition) is 5. The van der Waals surface area contributed by atoms with Crippen LogP contribution in [0.15, 0.2) is 12.1 Å². The minimum atomic E-state index is 0.0223. The van der Waals surface area contributed by atoms with Gasteiger partial charge in [-0.25, -0.2) is 4.98 Å². The van der Waals surface area contributed by atoms with E-state index in [0.717, 1.165) is 78.1 Å². The highest BCUT2D eigenvalue weighted by atomic mass is 35.5. The number of ketones is 1. The molecule has 0 bridgehead atoms. The van der Waals surface area contributed by atoms with E-state index in [0.29, 0.717) is 29.2 Å². The fraction of sp³-hybridized carbons (Fsp3) is 0.556. The number of nitrogens with one attached hydrogen (secondary N) is 1. The maximum Gasteiger partial charge on any atom is 0.252 e. The average molecular weight is 515 g/mol. The van der Waals surface area contributed by atoms with E-state index in [1.54, 1.807) is 11.3 Å². The van der Waals surface area contributed by atoms with Crippen LogP contribution in [0.25, 0.3) is 0 Å². The van der Waals surface area contributed by atoms with Crippen molar-refractivity contribution in [3.05, 3.63) is 49.4 Å². The fourth-order valence-corrected chi connectivity index (χ4v) is 6.92. The van der Waals surface area contributed by atoms with Crippen LogP contribution in [0.1, 0.15) is 75.5 Å². The Bertz CT molecular complexity index is 1130. The number of nitrogens with zero attached hydrogens (tertiary/aromatic N) is 1. The van der Waals surface area contributed by atoms with Crippen LogP contribution < -0.4 is 5.32 Å². The van der Waals surface area contributed by atoms with Crippen molar-refractivity contribution in [1.82, 2.24) is 10.3 Å². The zero-order valence-electron chi connectivity index (χ0n) is 19.6. The van der Waals surface area contributed by atoms with Gasteiger partial charge in [-0.1, -0.05) is 29.9 Å². The van der Waals surface area contributed by atoms with E-state index in [1.807, 2.05) is 19.1 Å². The zero-order valence-corrected chi connectivity index (χ0v) is 22.0. The first-order valence-electron chi connectivity index (χ1n) is 12.5. The first-order chi connectivity index (χ1) is 16.4. The molecule has 1 N–H and O–H groups in total. The number of carbonyl (C=O) groups excluding carboxylic acids is 2. The van der Waals surface area contributed by atoms with Crippen molar-refractivity contribution in [3.8, 4) is 0 Å². The lowest BCUT2D eigenvalue weighted by atomic mass is 9.82. The third kappa shape index (κ3) is 5.77. The van der Waals surface area contributed by atoms with E-state index >= 15 is 0 Å². The summed E-state index contributed by atoms with van der Waals surface area (Å²) in [6, 6.07) is 3.84. The van der Waals surface area contributed by atoms with E-state index in [-0.39, 0.29) is 11.8 Å². The van der Waals surface area contributed by atoms with Crippen LogP contribution in [0.3, 0.4) is 0 Å². The van der Waals surface area contributed by atoms with E-state index < -0.39 is 0 Å². The van der Waals surface area contributed by atoms with Gasteiger partial charge >= 0.3 is 0 Å². The molecule has 2 heterocycles. The number of amides is 1.